The number of esters is 1. The molecule has 0 aliphatic carbocycles. The van der Waals surface area contributed by atoms with Crippen LogP contribution in [0, 0.1) is 6.92 Å². The van der Waals surface area contributed by atoms with Crippen molar-refractivity contribution < 1.29 is 23.8 Å². The molecular weight excluding hydrogens is 414 g/mol. The number of aryl methyl sites for hydroxylation is 1. The standard InChI is InChI=1S/C20H22BrNO5/c1-3-25-15-5-7-16(8-6-15)26-11-10-20(24)27-13-19(23)22-18-9-4-14(2)12-17(18)21/h4-9,12H,3,10-11,13H2,1-2H3,(H,22,23). The van der Waals surface area contributed by atoms with E-state index in [-0.39, 0.29) is 19.6 Å². The Balaban J connectivity index is 1.67. The van der Waals surface area contributed by atoms with Gasteiger partial charge in [-0.05, 0) is 71.7 Å². The van der Waals surface area contributed by atoms with E-state index in [2.05, 4.69) is 21.2 Å². The third-order valence-electron chi connectivity index (χ3n) is 3.47. The molecule has 144 valence electrons. The molecule has 0 aliphatic rings. The fourth-order valence-electron chi connectivity index (χ4n) is 2.18. The van der Waals surface area contributed by atoms with Crippen LogP contribution < -0.4 is 14.8 Å². The summed E-state index contributed by atoms with van der Waals surface area (Å²) in [6, 6.07) is 12.7. The molecule has 2 rings (SSSR count). The third kappa shape index (κ3) is 7.30. The predicted molar refractivity (Wildman–Crippen MR) is 106 cm³/mol. The molecule has 2 aromatic carbocycles. The van der Waals surface area contributed by atoms with E-state index < -0.39 is 11.9 Å². The highest BCUT2D eigenvalue weighted by Gasteiger charge is 2.10. The molecule has 0 aromatic heterocycles. The van der Waals surface area contributed by atoms with Crippen LogP contribution in [0.15, 0.2) is 46.9 Å². The Kier molecular flexibility index (Phi) is 8.13. The Bertz CT molecular complexity index is 776. The molecule has 2 aromatic rings. The molecular formula is C20H22BrNO5. The Morgan fingerprint density at radius 1 is 1.04 bits per heavy atom. The van der Waals surface area contributed by atoms with Crippen molar-refractivity contribution in [2.75, 3.05) is 25.1 Å². The molecule has 27 heavy (non-hydrogen) atoms. The van der Waals surface area contributed by atoms with Crippen LogP contribution in [-0.4, -0.2) is 31.7 Å². The van der Waals surface area contributed by atoms with Gasteiger partial charge >= 0.3 is 5.97 Å². The van der Waals surface area contributed by atoms with Crippen LogP contribution in [-0.2, 0) is 14.3 Å². The smallest absolute Gasteiger partial charge is 0.309 e. The van der Waals surface area contributed by atoms with E-state index in [1.165, 1.54) is 0 Å². The average Bonchev–Trinajstić information content (AvgIpc) is 2.64. The molecule has 6 nitrogen and oxygen atoms in total. The summed E-state index contributed by atoms with van der Waals surface area (Å²) in [4.78, 5) is 23.6. The van der Waals surface area contributed by atoms with E-state index in [4.69, 9.17) is 14.2 Å². The summed E-state index contributed by atoms with van der Waals surface area (Å²) in [5, 5.41) is 2.68. The van der Waals surface area contributed by atoms with Gasteiger partial charge in [-0.3, -0.25) is 9.59 Å². The number of hydrogen-bond acceptors (Lipinski definition) is 5. The maximum absolute atomic E-state index is 11.9. The van der Waals surface area contributed by atoms with Crippen LogP contribution in [0.2, 0.25) is 0 Å². The van der Waals surface area contributed by atoms with Gasteiger partial charge in [0.05, 0.1) is 25.3 Å². The molecule has 0 bridgehead atoms. The molecule has 0 unspecified atom stereocenters. The maximum atomic E-state index is 11.9. The summed E-state index contributed by atoms with van der Waals surface area (Å²) in [5.74, 6) is 0.489. The van der Waals surface area contributed by atoms with Gasteiger partial charge in [0.1, 0.15) is 11.5 Å². The topological polar surface area (TPSA) is 73.9 Å². The van der Waals surface area contributed by atoms with E-state index in [0.717, 1.165) is 15.8 Å². The summed E-state index contributed by atoms with van der Waals surface area (Å²) in [6.45, 7) is 4.28. The summed E-state index contributed by atoms with van der Waals surface area (Å²) in [6.07, 6.45) is 0.0503. The van der Waals surface area contributed by atoms with Crippen LogP contribution in [0.4, 0.5) is 5.69 Å². The molecule has 1 N–H and O–H groups in total. The SMILES string of the molecule is CCOc1ccc(OCCC(=O)OCC(=O)Nc2ccc(C)cc2Br)cc1. The number of benzene rings is 2. The van der Waals surface area contributed by atoms with Crippen molar-refractivity contribution in [3.63, 3.8) is 0 Å². The minimum atomic E-state index is -0.501. The molecule has 0 heterocycles. The number of ether oxygens (including phenoxy) is 3. The minimum absolute atomic E-state index is 0.0503. The summed E-state index contributed by atoms with van der Waals surface area (Å²) >= 11 is 3.38. The average molecular weight is 436 g/mol. The Morgan fingerprint density at radius 3 is 2.33 bits per heavy atom. The molecule has 7 heteroatoms. The number of carbonyl (C=O) groups excluding carboxylic acids is 2. The summed E-state index contributed by atoms with van der Waals surface area (Å²) < 4.78 is 16.6. The van der Waals surface area contributed by atoms with E-state index >= 15 is 0 Å². The van der Waals surface area contributed by atoms with Gasteiger partial charge in [0.25, 0.3) is 5.91 Å². The molecule has 0 fully saturated rings. The minimum Gasteiger partial charge on any atom is -0.494 e. The predicted octanol–water partition coefficient (Wildman–Crippen LogP) is 4.11. The molecule has 0 radical (unpaired) electrons. The lowest BCUT2D eigenvalue weighted by Gasteiger charge is -2.09. The van der Waals surface area contributed by atoms with Crippen molar-refractivity contribution in [3.8, 4) is 11.5 Å². The van der Waals surface area contributed by atoms with E-state index in [1.807, 2.05) is 26.0 Å². The highest BCUT2D eigenvalue weighted by Crippen LogP contribution is 2.23. The van der Waals surface area contributed by atoms with Crippen LogP contribution in [0.1, 0.15) is 18.9 Å². The van der Waals surface area contributed by atoms with Gasteiger partial charge in [-0.1, -0.05) is 6.07 Å². The van der Waals surface area contributed by atoms with Crippen molar-refractivity contribution in [2.24, 2.45) is 0 Å². The second-order valence-corrected chi connectivity index (χ2v) is 6.55. The summed E-state index contributed by atoms with van der Waals surface area (Å²) in [7, 11) is 0. The second-order valence-electron chi connectivity index (χ2n) is 5.70. The first-order valence-electron chi connectivity index (χ1n) is 8.55. The second kappa shape index (κ2) is 10.6. The van der Waals surface area contributed by atoms with Gasteiger partial charge in [0.15, 0.2) is 6.61 Å². The largest absolute Gasteiger partial charge is 0.494 e. The number of hydrogen-bond donors (Lipinski definition) is 1. The van der Waals surface area contributed by atoms with Gasteiger partial charge in [0.2, 0.25) is 0 Å². The van der Waals surface area contributed by atoms with E-state index in [9.17, 15) is 9.59 Å². The molecule has 0 saturated heterocycles. The Morgan fingerprint density at radius 2 is 1.70 bits per heavy atom. The zero-order valence-corrected chi connectivity index (χ0v) is 16.9. The fourth-order valence-corrected chi connectivity index (χ4v) is 2.77. The third-order valence-corrected chi connectivity index (χ3v) is 4.13. The van der Waals surface area contributed by atoms with Crippen molar-refractivity contribution in [3.05, 3.63) is 52.5 Å². The van der Waals surface area contributed by atoms with Crippen molar-refractivity contribution >= 4 is 33.5 Å². The summed E-state index contributed by atoms with van der Waals surface area (Å²) in [5.41, 5.74) is 1.69. The van der Waals surface area contributed by atoms with E-state index in [1.54, 1.807) is 30.3 Å². The zero-order chi connectivity index (χ0) is 19.6. The van der Waals surface area contributed by atoms with Crippen LogP contribution in [0.3, 0.4) is 0 Å². The quantitative estimate of drug-likeness (QED) is 0.599. The number of amides is 1. The molecule has 0 saturated carbocycles. The van der Waals surface area contributed by atoms with Crippen LogP contribution >= 0.6 is 15.9 Å². The Labute approximate surface area is 166 Å². The van der Waals surface area contributed by atoms with Gasteiger partial charge in [-0.25, -0.2) is 0 Å². The molecule has 0 aliphatic heterocycles. The van der Waals surface area contributed by atoms with Gasteiger partial charge in [-0.15, -0.1) is 0 Å². The molecule has 0 atom stereocenters. The van der Waals surface area contributed by atoms with Crippen molar-refractivity contribution in [1.29, 1.82) is 0 Å². The van der Waals surface area contributed by atoms with Gasteiger partial charge in [0, 0.05) is 4.47 Å². The number of halogens is 1. The Hall–Kier alpha value is -2.54. The number of carbonyl (C=O) groups is 2. The van der Waals surface area contributed by atoms with Crippen molar-refractivity contribution in [2.45, 2.75) is 20.3 Å². The number of rotatable bonds is 9. The first kappa shape index (κ1) is 20.8. The van der Waals surface area contributed by atoms with E-state index in [0.29, 0.717) is 18.0 Å². The molecule has 0 spiro atoms. The highest BCUT2D eigenvalue weighted by molar-refractivity contribution is 9.10. The fraction of sp³-hybridized carbons (Fsp3) is 0.300. The van der Waals surface area contributed by atoms with Crippen LogP contribution in [0.5, 0.6) is 11.5 Å². The zero-order valence-electron chi connectivity index (χ0n) is 15.3. The molecule has 1 amide bonds. The van der Waals surface area contributed by atoms with Crippen LogP contribution in [0.25, 0.3) is 0 Å². The first-order chi connectivity index (χ1) is 13.0. The van der Waals surface area contributed by atoms with Crippen molar-refractivity contribution in [1.82, 2.24) is 0 Å². The monoisotopic (exact) mass is 435 g/mol. The number of anilines is 1. The van der Waals surface area contributed by atoms with Gasteiger partial charge < -0.3 is 19.5 Å². The highest BCUT2D eigenvalue weighted by atomic mass is 79.9. The lowest BCUT2D eigenvalue weighted by molar-refractivity contribution is -0.147. The first-order valence-corrected chi connectivity index (χ1v) is 9.34. The normalized spacial score (nSPS) is 10.2. The lowest BCUT2D eigenvalue weighted by Crippen LogP contribution is -2.21. The maximum Gasteiger partial charge on any atom is 0.309 e. The van der Waals surface area contributed by atoms with Gasteiger partial charge in [-0.2, -0.15) is 0 Å². The number of nitrogens with one attached hydrogen (secondary N) is 1. The lowest BCUT2D eigenvalue weighted by atomic mass is 10.2.